The molecule has 2 heterocycles. The van der Waals surface area contributed by atoms with E-state index in [0.717, 1.165) is 30.6 Å². The summed E-state index contributed by atoms with van der Waals surface area (Å²) >= 11 is 0. The van der Waals surface area contributed by atoms with Gasteiger partial charge in [0.05, 0.1) is 18.4 Å². The van der Waals surface area contributed by atoms with Crippen LogP contribution < -0.4 is 5.73 Å². The van der Waals surface area contributed by atoms with Gasteiger partial charge in [-0.1, -0.05) is 13.8 Å². The highest BCUT2D eigenvalue weighted by atomic mass is 15.3. The van der Waals surface area contributed by atoms with Crippen molar-refractivity contribution in [3.63, 3.8) is 0 Å². The Labute approximate surface area is 91.1 Å². The number of rotatable bonds is 4. The van der Waals surface area contributed by atoms with Gasteiger partial charge in [0.2, 0.25) is 0 Å². The number of nitrogens with two attached hydrogens (primary N) is 1. The monoisotopic (exact) mass is 208 g/mol. The summed E-state index contributed by atoms with van der Waals surface area (Å²) in [4.78, 5) is 2.47. The Morgan fingerprint density at radius 3 is 2.73 bits per heavy atom. The molecule has 0 saturated carbocycles. The van der Waals surface area contributed by atoms with Gasteiger partial charge >= 0.3 is 0 Å². The second-order valence-corrected chi connectivity index (χ2v) is 4.80. The molecule has 0 radical (unpaired) electrons. The van der Waals surface area contributed by atoms with Crippen LogP contribution in [0.3, 0.4) is 0 Å². The Hall–Kier alpha value is -1.03. The summed E-state index contributed by atoms with van der Waals surface area (Å²) in [5.41, 5.74) is 6.35. The molecule has 4 heteroatoms. The van der Waals surface area contributed by atoms with Crippen molar-refractivity contribution in [2.75, 3.05) is 25.4 Å². The van der Waals surface area contributed by atoms with Gasteiger partial charge in [0.15, 0.2) is 0 Å². The van der Waals surface area contributed by atoms with Crippen LogP contribution in [0.2, 0.25) is 0 Å². The van der Waals surface area contributed by atoms with Crippen LogP contribution in [0.4, 0.5) is 5.69 Å². The zero-order valence-electron chi connectivity index (χ0n) is 9.56. The summed E-state index contributed by atoms with van der Waals surface area (Å²) in [6.45, 7) is 9.13. The Morgan fingerprint density at radius 2 is 2.20 bits per heavy atom. The van der Waals surface area contributed by atoms with E-state index in [1.807, 2.05) is 10.9 Å². The van der Waals surface area contributed by atoms with E-state index in [4.69, 9.17) is 5.73 Å². The molecule has 0 atom stereocenters. The van der Waals surface area contributed by atoms with Crippen LogP contribution in [-0.2, 0) is 6.54 Å². The fourth-order valence-corrected chi connectivity index (χ4v) is 1.96. The first kappa shape index (κ1) is 10.5. The predicted octanol–water partition coefficient (Wildman–Crippen LogP) is 1.05. The third kappa shape index (κ3) is 2.50. The summed E-state index contributed by atoms with van der Waals surface area (Å²) in [7, 11) is 0. The highest BCUT2D eigenvalue weighted by Gasteiger charge is 2.28. The first-order chi connectivity index (χ1) is 7.15. The molecular formula is C11H20N4. The van der Waals surface area contributed by atoms with Gasteiger partial charge in [-0.25, -0.2) is 0 Å². The lowest BCUT2D eigenvalue weighted by Crippen LogP contribution is -2.49. The van der Waals surface area contributed by atoms with Crippen molar-refractivity contribution in [3.05, 3.63) is 12.4 Å². The van der Waals surface area contributed by atoms with Gasteiger partial charge in [-0.05, 0) is 11.8 Å². The minimum absolute atomic E-state index is 0.749. The highest BCUT2D eigenvalue weighted by Crippen LogP contribution is 2.22. The van der Waals surface area contributed by atoms with Crippen molar-refractivity contribution in [3.8, 4) is 0 Å². The predicted molar refractivity (Wildman–Crippen MR) is 61.4 cm³/mol. The zero-order chi connectivity index (χ0) is 10.8. The molecule has 0 amide bonds. The average Bonchev–Trinajstić information content (AvgIpc) is 2.48. The third-order valence-corrected chi connectivity index (χ3v) is 3.23. The molecule has 4 nitrogen and oxygen atoms in total. The molecule has 2 rings (SSSR count). The second kappa shape index (κ2) is 4.23. The Bertz CT molecular complexity index is 312. The number of likely N-dealkylation sites (tertiary alicyclic amines) is 1. The molecule has 2 N–H and O–H groups in total. The smallest absolute Gasteiger partial charge is 0.0719 e. The van der Waals surface area contributed by atoms with Crippen molar-refractivity contribution in [2.45, 2.75) is 20.4 Å². The standard InChI is InChI=1S/C11H20N4/c1-9(2)10-6-14(7-10)3-4-15-8-11(12)5-13-15/h5,8-10H,3-4,6-7,12H2,1-2H3. The van der Waals surface area contributed by atoms with E-state index in [9.17, 15) is 0 Å². The van der Waals surface area contributed by atoms with E-state index >= 15 is 0 Å². The van der Waals surface area contributed by atoms with Crippen molar-refractivity contribution >= 4 is 5.69 Å². The molecule has 15 heavy (non-hydrogen) atoms. The van der Waals surface area contributed by atoms with Crippen LogP contribution in [0.5, 0.6) is 0 Å². The van der Waals surface area contributed by atoms with Crippen molar-refractivity contribution in [1.82, 2.24) is 14.7 Å². The molecule has 1 aromatic rings. The highest BCUT2D eigenvalue weighted by molar-refractivity contribution is 5.30. The summed E-state index contributed by atoms with van der Waals surface area (Å²) in [6.07, 6.45) is 3.59. The lowest BCUT2D eigenvalue weighted by molar-refractivity contribution is 0.0644. The van der Waals surface area contributed by atoms with Crippen LogP contribution in [-0.4, -0.2) is 34.3 Å². The molecule has 1 aliphatic rings. The van der Waals surface area contributed by atoms with Gasteiger partial charge in [0.1, 0.15) is 0 Å². The first-order valence-electron chi connectivity index (χ1n) is 5.65. The number of hydrogen-bond acceptors (Lipinski definition) is 3. The van der Waals surface area contributed by atoms with E-state index < -0.39 is 0 Å². The fraction of sp³-hybridized carbons (Fsp3) is 0.727. The molecule has 0 aliphatic carbocycles. The van der Waals surface area contributed by atoms with Crippen LogP contribution in [0.15, 0.2) is 12.4 Å². The van der Waals surface area contributed by atoms with E-state index in [2.05, 4.69) is 23.8 Å². The van der Waals surface area contributed by atoms with Crippen molar-refractivity contribution in [1.29, 1.82) is 0 Å². The lowest BCUT2D eigenvalue weighted by atomic mass is 9.88. The molecule has 1 aromatic heterocycles. The first-order valence-corrected chi connectivity index (χ1v) is 5.65. The molecular weight excluding hydrogens is 188 g/mol. The second-order valence-electron chi connectivity index (χ2n) is 4.80. The molecule has 0 aromatic carbocycles. The molecule has 84 valence electrons. The Balaban J connectivity index is 1.68. The maximum atomic E-state index is 5.60. The number of aromatic nitrogens is 2. The maximum Gasteiger partial charge on any atom is 0.0719 e. The normalized spacial score (nSPS) is 18.3. The number of anilines is 1. The molecule has 0 unspecified atom stereocenters. The molecule has 1 saturated heterocycles. The summed E-state index contributed by atoms with van der Waals surface area (Å²) < 4.78 is 1.91. The van der Waals surface area contributed by atoms with Crippen LogP contribution in [0, 0.1) is 11.8 Å². The number of nitrogens with zero attached hydrogens (tertiary/aromatic N) is 3. The largest absolute Gasteiger partial charge is 0.396 e. The summed E-state index contributed by atoms with van der Waals surface area (Å²) in [6, 6.07) is 0. The average molecular weight is 208 g/mol. The van der Waals surface area contributed by atoms with E-state index in [1.165, 1.54) is 13.1 Å². The van der Waals surface area contributed by atoms with Gasteiger partial charge in [-0.3, -0.25) is 4.68 Å². The summed E-state index contributed by atoms with van der Waals surface area (Å²) in [5.74, 6) is 1.72. The maximum absolute atomic E-state index is 5.60. The molecule has 0 bridgehead atoms. The summed E-state index contributed by atoms with van der Waals surface area (Å²) in [5, 5.41) is 4.17. The minimum Gasteiger partial charge on any atom is -0.396 e. The Kier molecular flexibility index (Phi) is 2.95. The third-order valence-electron chi connectivity index (χ3n) is 3.23. The molecule has 1 fully saturated rings. The van der Waals surface area contributed by atoms with Gasteiger partial charge in [0, 0.05) is 25.8 Å². The zero-order valence-corrected chi connectivity index (χ0v) is 9.56. The van der Waals surface area contributed by atoms with E-state index in [1.54, 1.807) is 6.20 Å². The topological polar surface area (TPSA) is 47.1 Å². The molecule has 1 aliphatic heterocycles. The van der Waals surface area contributed by atoms with Crippen LogP contribution in [0.25, 0.3) is 0 Å². The van der Waals surface area contributed by atoms with Gasteiger partial charge in [-0.2, -0.15) is 5.10 Å². The fourth-order valence-electron chi connectivity index (χ4n) is 1.96. The molecule has 0 spiro atoms. The van der Waals surface area contributed by atoms with Crippen LogP contribution in [0.1, 0.15) is 13.8 Å². The Morgan fingerprint density at radius 1 is 1.47 bits per heavy atom. The van der Waals surface area contributed by atoms with Gasteiger partial charge in [0.25, 0.3) is 0 Å². The van der Waals surface area contributed by atoms with E-state index in [-0.39, 0.29) is 0 Å². The van der Waals surface area contributed by atoms with Crippen LogP contribution >= 0.6 is 0 Å². The van der Waals surface area contributed by atoms with E-state index in [0.29, 0.717) is 0 Å². The van der Waals surface area contributed by atoms with Gasteiger partial charge in [-0.15, -0.1) is 0 Å². The quantitative estimate of drug-likeness (QED) is 0.804. The van der Waals surface area contributed by atoms with Gasteiger partial charge < -0.3 is 10.6 Å². The number of nitrogen functional groups attached to an aromatic ring is 1. The van der Waals surface area contributed by atoms with Crippen molar-refractivity contribution in [2.24, 2.45) is 11.8 Å². The lowest BCUT2D eigenvalue weighted by Gasteiger charge is -2.41. The van der Waals surface area contributed by atoms with Crippen molar-refractivity contribution < 1.29 is 0 Å². The minimum atomic E-state index is 0.749. The number of hydrogen-bond donors (Lipinski definition) is 1. The SMILES string of the molecule is CC(C)C1CN(CCn2cc(N)cn2)C1.